The minimum Gasteiger partial charge on any atom is -0.207 e. The Labute approximate surface area is 75.4 Å². The SMILES string of the molecule is Cc1c(F)ccc(CC#N)c1Cl. The number of benzene rings is 1. The molecule has 0 spiro atoms. The molecule has 0 fully saturated rings. The molecule has 1 nitrogen and oxygen atoms in total. The quantitative estimate of drug-likeness (QED) is 0.657. The Hall–Kier alpha value is -1.07. The van der Waals surface area contributed by atoms with Crippen molar-refractivity contribution >= 4 is 11.6 Å². The van der Waals surface area contributed by atoms with Crippen LogP contribution in [0.2, 0.25) is 5.02 Å². The van der Waals surface area contributed by atoms with E-state index >= 15 is 0 Å². The zero-order chi connectivity index (χ0) is 9.14. The second-order valence-electron chi connectivity index (χ2n) is 2.48. The van der Waals surface area contributed by atoms with Crippen LogP contribution in [0.1, 0.15) is 11.1 Å². The molecule has 0 heterocycles. The van der Waals surface area contributed by atoms with Crippen molar-refractivity contribution in [2.75, 3.05) is 0 Å². The lowest BCUT2D eigenvalue weighted by Gasteiger charge is -2.03. The first kappa shape index (κ1) is 9.02. The molecule has 12 heavy (non-hydrogen) atoms. The molecular formula is C9H7ClFN. The first-order chi connectivity index (χ1) is 5.66. The highest BCUT2D eigenvalue weighted by Crippen LogP contribution is 2.23. The van der Waals surface area contributed by atoms with Crippen LogP contribution in [0.15, 0.2) is 12.1 Å². The summed E-state index contributed by atoms with van der Waals surface area (Å²) in [7, 11) is 0. The molecule has 0 saturated heterocycles. The van der Waals surface area contributed by atoms with Gasteiger partial charge in [0.25, 0.3) is 0 Å². The lowest BCUT2D eigenvalue weighted by Crippen LogP contribution is -1.90. The van der Waals surface area contributed by atoms with Crippen molar-refractivity contribution in [3.05, 3.63) is 34.1 Å². The summed E-state index contributed by atoms with van der Waals surface area (Å²) >= 11 is 5.79. The van der Waals surface area contributed by atoms with Gasteiger partial charge in [-0.3, -0.25) is 0 Å². The molecule has 0 N–H and O–H groups in total. The van der Waals surface area contributed by atoms with E-state index in [-0.39, 0.29) is 12.2 Å². The number of nitrogens with zero attached hydrogens (tertiary/aromatic N) is 1. The van der Waals surface area contributed by atoms with Gasteiger partial charge in [0.05, 0.1) is 17.5 Å². The normalized spacial score (nSPS) is 9.50. The summed E-state index contributed by atoms with van der Waals surface area (Å²) in [6.07, 6.45) is 0.222. The smallest absolute Gasteiger partial charge is 0.127 e. The number of hydrogen-bond acceptors (Lipinski definition) is 1. The Kier molecular flexibility index (Phi) is 2.67. The Bertz CT molecular complexity index is 341. The molecular weight excluding hydrogens is 177 g/mol. The predicted octanol–water partition coefficient (Wildman–Crippen LogP) is 2.85. The monoisotopic (exact) mass is 183 g/mol. The first-order valence-electron chi connectivity index (χ1n) is 3.47. The number of rotatable bonds is 1. The van der Waals surface area contributed by atoms with E-state index in [0.717, 1.165) is 0 Å². The van der Waals surface area contributed by atoms with Gasteiger partial charge in [-0.2, -0.15) is 5.26 Å². The fraction of sp³-hybridized carbons (Fsp3) is 0.222. The van der Waals surface area contributed by atoms with E-state index in [1.807, 2.05) is 6.07 Å². The molecule has 3 heteroatoms. The van der Waals surface area contributed by atoms with Gasteiger partial charge in [0.1, 0.15) is 5.82 Å². The molecule has 1 aromatic carbocycles. The van der Waals surface area contributed by atoms with Gasteiger partial charge in [-0.25, -0.2) is 4.39 Å². The van der Waals surface area contributed by atoms with E-state index in [2.05, 4.69) is 0 Å². The van der Waals surface area contributed by atoms with Crippen molar-refractivity contribution in [2.24, 2.45) is 0 Å². The van der Waals surface area contributed by atoms with Gasteiger partial charge >= 0.3 is 0 Å². The Balaban J connectivity index is 3.19. The van der Waals surface area contributed by atoms with Crippen molar-refractivity contribution < 1.29 is 4.39 Å². The van der Waals surface area contributed by atoms with E-state index in [0.29, 0.717) is 16.1 Å². The van der Waals surface area contributed by atoms with Crippen LogP contribution >= 0.6 is 11.6 Å². The third kappa shape index (κ3) is 1.57. The van der Waals surface area contributed by atoms with Crippen LogP contribution in [-0.2, 0) is 6.42 Å². The van der Waals surface area contributed by atoms with E-state index in [9.17, 15) is 4.39 Å². The van der Waals surface area contributed by atoms with Crippen LogP contribution < -0.4 is 0 Å². The zero-order valence-corrected chi connectivity index (χ0v) is 7.32. The fourth-order valence-corrected chi connectivity index (χ4v) is 1.16. The second-order valence-corrected chi connectivity index (χ2v) is 2.86. The summed E-state index contributed by atoms with van der Waals surface area (Å²) in [5, 5.41) is 8.76. The largest absolute Gasteiger partial charge is 0.207 e. The van der Waals surface area contributed by atoms with Gasteiger partial charge in [-0.1, -0.05) is 17.7 Å². The van der Waals surface area contributed by atoms with E-state index in [1.54, 1.807) is 6.92 Å². The number of nitriles is 1. The maximum atomic E-state index is 12.8. The highest BCUT2D eigenvalue weighted by atomic mass is 35.5. The van der Waals surface area contributed by atoms with Crippen molar-refractivity contribution in [1.29, 1.82) is 5.26 Å². The number of halogens is 2. The summed E-state index contributed by atoms with van der Waals surface area (Å²) in [5.74, 6) is -0.332. The van der Waals surface area contributed by atoms with Crippen molar-refractivity contribution in [3.63, 3.8) is 0 Å². The van der Waals surface area contributed by atoms with Gasteiger partial charge in [0.2, 0.25) is 0 Å². The van der Waals surface area contributed by atoms with Crippen LogP contribution in [0.5, 0.6) is 0 Å². The van der Waals surface area contributed by atoms with Crippen LogP contribution in [0.25, 0.3) is 0 Å². The molecule has 0 radical (unpaired) electrons. The van der Waals surface area contributed by atoms with Crippen molar-refractivity contribution in [2.45, 2.75) is 13.3 Å². The van der Waals surface area contributed by atoms with E-state index in [4.69, 9.17) is 16.9 Å². The third-order valence-electron chi connectivity index (χ3n) is 1.67. The molecule has 0 amide bonds. The molecule has 1 aromatic rings. The highest BCUT2D eigenvalue weighted by molar-refractivity contribution is 6.32. The molecule has 0 aromatic heterocycles. The lowest BCUT2D eigenvalue weighted by molar-refractivity contribution is 0.618. The Morgan fingerprint density at radius 2 is 2.25 bits per heavy atom. The Morgan fingerprint density at radius 3 is 2.83 bits per heavy atom. The minimum absolute atomic E-state index is 0.222. The van der Waals surface area contributed by atoms with Crippen LogP contribution in [0.4, 0.5) is 4.39 Å². The topological polar surface area (TPSA) is 23.8 Å². The molecule has 62 valence electrons. The van der Waals surface area contributed by atoms with Gasteiger partial charge in [-0.15, -0.1) is 0 Å². The van der Waals surface area contributed by atoms with Crippen molar-refractivity contribution in [1.82, 2.24) is 0 Å². The van der Waals surface area contributed by atoms with Crippen molar-refractivity contribution in [3.8, 4) is 6.07 Å². The molecule has 0 aliphatic rings. The molecule has 0 bridgehead atoms. The molecule has 0 atom stereocenters. The summed E-state index contributed by atoms with van der Waals surface area (Å²) in [4.78, 5) is 0. The predicted molar refractivity (Wildman–Crippen MR) is 45.5 cm³/mol. The average molecular weight is 184 g/mol. The van der Waals surface area contributed by atoms with Gasteiger partial charge in [0, 0.05) is 5.56 Å². The standard InChI is InChI=1S/C9H7ClFN/c1-6-8(11)3-2-7(4-5-12)9(6)10/h2-3H,4H2,1H3. The second kappa shape index (κ2) is 3.55. The van der Waals surface area contributed by atoms with E-state index < -0.39 is 0 Å². The molecule has 0 aliphatic carbocycles. The van der Waals surface area contributed by atoms with Gasteiger partial charge in [0.15, 0.2) is 0 Å². The molecule has 1 rings (SSSR count). The minimum atomic E-state index is -0.332. The summed E-state index contributed by atoms with van der Waals surface area (Å²) in [5.41, 5.74) is 1.09. The maximum absolute atomic E-state index is 12.8. The van der Waals surface area contributed by atoms with E-state index in [1.165, 1.54) is 12.1 Å². The Morgan fingerprint density at radius 1 is 1.58 bits per heavy atom. The fourth-order valence-electron chi connectivity index (χ4n) is 0.939. The number of hydrogen-bond donors (Lipinski definition) is 0. The van der Waals surface area contributed by atoms with Crippen LogP contribution in [0.3, 0.4) is 0 Å². The molecule has 0 saturated carbocycles. The molecule has 0 unspecified atom stereocenters. The van der Waals surface area contributed by atoms with Gasteiger partial charge in [-0.05, 0) is 18.6 Å². The maximum Gasteiger partial charge on any atom is 0.127 e. The average Bonchev–Trinajstić information content (AvgIpc) is 2.07. The van der Waals surface area contributed by atoms with Gasteiger partial charge < -0.3 is 0 Å². The highest BCUT2D eigenvalue weighted by Gasteiger charge is 2.06. The first-order valence-corrected chi connectivity index (χ1v) is 3.85. The van der Waals surface area contributed by atoms with Crippen LogP contribution in [0, 0.1) is 24.1 Å². The summed E-state index contributed by atoms with van der Waals surface area (Å²) in [6, 6.07) is 4.83. The van der Waals surface area contributed by atoms with Crippen LogP contribution in [-0.4, -0.2) is 0 Å². The zero-order valence-electron chi connectivity index (χ0n) is 6.56. The lowest BCUT2D eigenvalue weighted by atomic mass is 10.1. The third-order valence-corrected chi connectivity index (χ3v) is 2.20. The molecule has 0 aliphatic heterocycles. The summed E-state index contributed by atoms with van der Waals surface area (Å²) in [6.45, 7) is 1.60. The summed E-state index contributed by atoms with van der Waals surface area (Å²) < 4.78 is 12.8.